The number of nitrogens with one attached hydrogen (secondary N) is 1. The molecule has 0 fully saturated rings. The van der Waals surface area contributed by atoms with Crippen LogP contribution in [0.2, 0.25) is 0 Å². The number of nitrogens with two attached hydrogens (primary N) is 1. The van der Waals surface area contributed by atoms with Crippen molar-refractivity contribution in [2.45, 2.75) is 0 Å². The van der Waals surface area contributed by atoms with E-state index in [0.29, 0.717) is 37.8 Å². The number of amides is 1. The zero-order valence-corrected chi connectivity index (χ0v) is 12.1. The van der Waals surface area contributed by atoms with Crippen LogP contribution in [0.1, 0.15) is 0 Å². The maximum absolute atomic E-state index is 11.2. The van der Waals surface area contributed by atoms with Crippen molar-refractivity contribution in [2.75, 3.05) is 45.3 Å². The Labute approximate surface area is 128 Å². The van der Waals surface area contributed by atoms with Gasteiger partial charge in [-0.3, -0.25) is 4.79 Å². The Balaban J connectivity index is 1.94. The molecule has 0 unspecified atom stereocenters. The van der Waals surface area contributed by atoms with E-state index in [1.165, 1.54) is 0 Å². The molecule has 0 radical (unpaired) electrons. The van der Waals surface area contributed by atoms with Crippen molar-refractivity contribution in [3.63, 3.8) is 0 Å². The summed E-state index contributed by atoms with van der Waals surface area (Å²) < 4.78 is 15.3. The van der Waals surface area contributed by atoms with E-state index < -0.39 is 12.6 Å². The zero-order chi connectivity index (χ0) is 16.2. The molecule has 1 aromatic rings. The molecular weight excluding hydrogens is 292 g/mol. The van der Waals surface area contributed by atoms with Gasteiger partial charge in [-0.1, -0.05) is 0 Å². The van der Waals surface area contributed by atoms with Crippen LogP contribution in [-0.2, 0) is 19.1 Å². The maximum Gasteiger partial charge on any atom is 0.329 e. The summed E-state index contributed by atoms with van der Waals surface area (Å²) in [6.07, 6.45) is 0. The molecule has 4 N–H and O–H groups in total. The number of hydrogen-bond donors (Lipinski definition) is 3. The molecule has 0 aliphatic heterocycles. The van der Waals surface area contributed by atoms with Gasteiger partial charge in [-0.25, -0.2) is 4.79 Å². The summed E-state index contributed by atoms with van der Waals surface area (Å²) in [7, 11) is 0. The quantitative estimate of drug-likeness (QED) is 0.385. The van der Waals surface area contributed by atoms with Gasteiger partial charge in [-0.2, -0.15) is 0 Å². The number of carbonyl (C=O) groups excluding carboxylic acids is 1. The first-order chi connectivity index (χ1) is 10.6. The van der Waals surface area contributed by atoms with E-state index in [1.54, 1.807) is 24.3 Å². The molecule has 1 amide bonds. The highest BCUT2D eigenvalue weighted by molar-refractivity contribution is 5.77. The minimum absolute atomic E-state index is 0.285. The first kappa shape index (κ1) is 17.7. The Bertz CT molecular complexity index is 463. The van der Waals surface area contributed by atoms with E-state index in [4.69, 9.17) is 20.3 Å². The molecule has 0 aromatic heterocycles. The summed E-state index contributed by atoms with van der Waals surface area (Å²) in [6, 6.07) is 7.04. The fraction of sp³-hybridized carbons (Fsp3) is 0.429. The van der Waals surface area contributed by atoms with Gasteiger partial charge in [0.2, 0.25) is 5.91 Å². The van der Waals surface area contributed by atoms with Crippen LogP contribution in [0.15, 0.2) is 24.3 Å². The van der Waals surface area contributed by atoms with Crippen LogP contribution >= 0.6 is 0 Å². The van der Waals surface area contributed by atoms with E-state index in [1.807, 2.05) is 0 Å². The molecule has 0 saturated carbocycles. The summed E-state index contributed by atoms with van der Waals surface area (Å²) in [6.45, 7) is 0.640. The van der Waals surface area contributed by atoms with Crippen LogP contribution in [0.3, 0.4) is 0 Å². The lowest BCUT2D eigenvalue weighted by Gasteiger charge is -2.08. The Hall–Kier alpha value is -2.32. The summed E-state index contributed by atoms with van der Waals surface area (Å²) in [5.74, 6) is -0.790. The SMILES string of the molecule is Nc1ccc(OCCOCCNC(=O)COCC(=O)O)cc1. The first-order valence-electron chi connectivity index (χ1n) is 6.70. The highest BCUT2D eigenvalue weighted by atomic mass is 16.5. The van der Waals surface area contributed by atoms with Crippen LogP contribution in [0.5, 0.6) is 5.75 Å². The second-order valence-corrected chi connectivity index (χ2v) is 4.27. The van der Waals surface area contributed by atoms with E-state index in [9.17, 15) is 9.59 Å². The van der Waals surface area contributed by atoms with Crippen LogP contribution in [0.4, 0.5) is 5.69 Å². The minimum Gasteiger partial charge on any atom is -0.491 e. The van der Waals surface area contributed by atoms with Gasteiger partial charge in [0, 0.05) is 12.2 Å². The van der Waals surface area contributed by atoms with Gasteiger partial charge in [-0.05, 0) is 24.3 Å². The molecule has 0 heterocycles. The van der Waals surface area contributed by atoms with Gasteiger partial charge >= 0.3 is 5.97 Å². The van der Waals surface area contributed by atoms with Crippen molar-refractivity contribution >= 4 is 17.6 Å². The fourth-order valence-corrected chi connectivity index (χ4v) is 1.43. The molecule has 0 spiro atoms. The number of hydrogen-bond acceptors (Lipinski definition) is 6. The Morgan fingerprint density at radius 1 is 1.05 bits per heavy atom. The smallest absolute Gasteiger partial charge is 0.329 e. The van der Waals surface area contributed by atoms with E-state index in [2.05, 4.69) is 10.1 Å². The fourth-order valence-electron chi connectivity index (χ4n) is 1.43. The van der Waals surface area contributed by atoms with E-state index in [-0.39, 0.29) is 12.5 Å². The third-order valence-corrected chi connectivity index (χ3v) is 2.40. The molecule has 8 nitrogen and oxygen atoms in total. The zero-order valence-electron chi connectivity index (χ0n) is 12.1. The number of carboxylic acids is 1. The topological polar surface area (TPSA) is 120 Å². The molecule has 22 heavy (non-hydrogen) atoms. The number of aliphatic carboxylic acids is 1. The Kier molecular flexibility index (Phi) is 8.39. The number of carbonyl (C=O) groups is 2. The molecule has 0 aliphatic rings. The van der Waals surface area contributed by atoms with Gasteiger partial charge in [0.1, 0.15) is 25.6 Å². The summed E-state index contributed by atoms with van der Waals surface area (Å²) in [5, 5.41) is 10.9. The second-order valence-electron chi connectivity index (χ2n) is 4.27. The van der Waals surface area contributed by atoms with Crippen molar-refractivity contribution in [3.8, 4) is 5.75 Å². The summed E-state index contributed by atoms with van der Waals surface area (Å²) in [4.78, 5) is 21.4. The minimum atomic E-state index is -1.11. The standard InChI is InChI=1S/C14H20N2O6/c15-11-1-3-12(4-2-11)22-8-7-20-6-5-16-13(17)9-21-10-14(18)19/h1-4H,5-10,15H2,(H,16,17)(H,18,19). The molecule has 0 aliphatic carbocycles. The number of anilines is 1. The lowest BCUT2D eigenvalue weighted by atomic mass is 10.3. The molecule has 8 heteroatoms. The lowest BCUT2D eigenvalue weighted by Crippen LogP contribution is -2.31. The lowest BCUT2D eigenvalue weighted by molar-refractivity contribution is -0.143. The van der Waals surface area contributed by atoms with Gasteiger partial charge in [0.25, 0.3) is 0 Å². The second kappa shape index (κ2) is 10.4. The largest absolute Gasteiger partial charge is 0.491 e. The summed E-state index contributed by atoms with van der Waals surface area (Å²) in [5.41, 5.74) is 6.23. The van der Waals surface area contributed by atoms with Gasteiger partial charge < -0.3 is 30.4 Å². The highest BCUT2D eigenvalue weighted by Gasteiger charge is 2.02. The van der Waals surface area contributed by atoms with Crippen LogP contribution < -0.4 is 15.8 Å². The predicted octanol–water partition coefficient (Wildman–Crippen LogP) is -0.118. The number of nitrogen functional groups attached to an aromatic ring is 1. The molecule has 1 rings (SSSR count). The average Bonchev–Trinajstić information content (AvgIpc) is 2.47. The third kappa shape index (κ3) is 8.77. The van der Waals surface area contributed by atoms with Crippen LogP contribution in [0, 0.1) is 0 Å². The number of ether oxygens (including phenoxy) is 3. The number of carboxylic acid groups (broad SMARTS) is 1. The van der Waals surface area contributed by atoms with Crippen LogP contribution in [0.25, 0.3) is 0 Å². The van der Waals surface area contributed by atoms with Crippen molar-refractivity contribution in [1.82, 2.24) is 5.32 Å². The first-order valence-corrected chi connectivity index (χ1v) is 6.70. The van der Waals surface area contributed by atoms with E-state index in [0.717, 1.165) is 0 Å². The maximum atomic E-state index is 11.2. The van der Waals surface area contributed by atoms with Gasteiger partial charge in [-0.15, -0.1) is 0 Å². The van der Waals surface area contributed by atoms with Crippen molar-refractivity contribution in [2.24, 2.45) is 0 Å². The third-order valence-electron chi connectivity index (χ3n) is 2.40. The molecule has 0 bridgehead atoms. The molecule has 1 aromatic carbocycles. The Morgan fingerprint density at radius 2 is 1.77 bits per heavy atom. The van der Waals surface area contributed by atoms with Crippen molar-refractivity contribution in [3.05, 3.63) is 24.3 Å². The number of benzene rings is 1. The van der Waals surface area contributed by atoms with Crippen molar-refractivity contribution < 1.29 is 28.9 Å². The normalized spacial score (nSPS) is 10.2. The van der Waals surface area contributed by atoms with Crippen LogP contribution in [-0.4, -0.2) is 56.6 Å². The monoisotopic (exact) mass is 312 g/mol. The average molecular weight is 312 g/mol. The van der Waals surface area contributed by atoms with Crippen molar-refractivity contribution in [1.29, 1.82) is 0 Å². The highest BCUT2D eigenvalue weighted by Crippen LogP contribution is 2.12. The van der Waals surface area contributed by atoms with Gasteiger partial charge in [0.05, 0.1) is 13.2 Å². The molecule has 122 valence electrons. The predicted molar refractivity (Wildman–Crippen MR) is 78.6 cm³/mol. The number of rotatable bonds is 11. The molecule has 0 saturated heterocycles. The summed E-state index contributed by atoms with van der Waals surface area (Å²) >= 11 is 0. The van der Waals surface area contributed by atoms with Gasteiger partial charge in [0.15, 0.2) is 0 Å². The molecule has 0 atom stereocenters. The van der Waals surface area contributed by atoms with E-state index >= 15 is 0 Å². The molecular formula is C14H20N2O6. The Morgan fingerprint density at radius 3 is 2.45 bits per heavy atom.